The molecule has 1 unspecified atom stereocenters. The first-order chi connectivity index (χ1) is 10.7. The van der Waals surface area contributed by atoms with Crippen LogP contribution in [0, 0.1) is 0 Å². The fourth-order valence-corrected chi connectivity index (χ4v) is 2.90. The number of hydrogen-bond acceptors (Lipinski definition) is 4. The van der Waals surface area contributed by atoms with E-state index in [0.717, 1.165) is 5.56 Å². The van der Waals surface area contributed by atoms with Crippen LogP contribution in [0.25, 0.3) is 0 Å². The van der Waals surface area contributed by atoms with Crippen LogP contribution >= 0.6 is 0 Å². The molecule has 2 rings (SSSR count). The van der Waals surface area contributed by atoms with Gasteiger partial charge in [0.25, 0.3) is 0 Å². The lowest BCUT2D eigenvalue weighted by molar-refractivity contribution is 0.0916. The zero-order chi connectivity index (χ0) is 17.2. The van der Waals surface area contributed by atoms with Crippen LogP contribution < -0.4 is 5.14 Å². The molecule has 1 heterocycles. The van der Waals surface area contributed by atoms with Gasteiger partial charge in [-0.2, -0.15) is 0 Å². The Bertz CT molecular complexity index is 794. The number of ketones is 1. The predicted molar refractivity (Wildman–Crippen MR) is 88.6 cm³/mol. The standard InChI is InChI=1S/C16H21N3O3S/c1-12(13-6-8-14(9-7-13)23(17,21)22)19(3)11-16(20)15-5-4-10-18(15)2/h4-10,12H,11H2,1-3H3,(H2,17,21,22). The summed E-state index contributed by atoms with van der Waals surface area (Å²) in [5, 5.41) is 5.09. The maximum Gasteiger partial charge on any atom is 0.238 e. The summed E-state index contributed by atoms with van der Waals surface area (Å²) in [7, 11) is 0.00677. The van der Waals surface area contributed by atoms with Gasteiger partial charge in [-0.05, 0) is 43.8 Å². The van der Waals surface area contributed by atoms with Crippen molar-refractivity contribution in [2.75, 3.05) is 13.6 Å². The van der Waals surface area contributed by atoms with Crippen molar-refractivity contribution in [3.63, 3.8) is 0 Å². The Labute approximate surface area is 136 Å². The van der Waals surface area contributed by atoms with Gasteiger partial charge in [0, 0.05) is 19.3 Å². The molecule has 0 bridgehead atoms. The largest absolute Gasteiger partial charge is 0.348 e. The number of likely N-dealkylation sites (N-methyl/N-ethyl adjacent to an activating group) is 1. The molecule has 2 N–H and O–H groups in total. The lowest BCUT2D eigenvalue weighted by Gasteiger charge is -2.24. The van der Waals surface area contributed by atoms with E-state index in [2.05, 4.69) is 0 Å². The van der Waals surface area contributed by atoms with E-state index >= 15 is 0 Å². The molecule has 1 atom stereocenters. The van der Waals surface area contributed by atoms with Gasteiger partial charge in [0.15, 0.2) is 5.78 Å². The molecule has 124 valence electrons. The minimum Gasteiger partial charge on any atom is -0.348 e. The van der Waals surface area contributed by atoms with E-state index in [1.54, 1.807) is 22.8 Å². The van der Waals surface area contributed by atoms with E-state index in [0.29, 0.717) is 5.69 Å². The smallest absolute Gasteiger partial charge is 0.238 e. The van der Waals surface area contributed by atoms with Crippen molar-refractivity contribution >= 4 is 15.8 Å². The number of nitrogens with two attached hydrogens (primary N) is 1. The fraction of sp³-hybridized carbons (Fsp3) is 0.312. The predicted octanol–water partition coefficient (Wildman–Crippen LogP) is 1.55. The van der Waals surface area contributed by atoms with E-state index < -0.39 is 10.0 Å². The summed E-state index contributed by atoms with van der Waals surface area (Å²) in [5.41, 5.74) is 1.58. The maximum atomic E-state index is 12.3. The zero-order valence-corrected chi connectivity index (χ0v) is 14.2. The second kappa shape index (κ2) is 6.66. The Morgan fingerprint density at radius 3 is 2.35 bits per heavy atom. The monoisotopic (exact) mass is 335 g/mol. The molecule has 0 saturated heterocycles. The van der Waals surface area contributed by atoms with Crippen LogP contribution in [0.4, 0.5) is 0 Å². The van der Waals surface area contributed by atoms with Crippen LogP contribution in [0.15, 0.2) is 47.5 Å². The molecule has 2 aromatic rings. The molecule has 0 fully saturated rings. The molecule has 0 aliphatic carbocycles. The molecule has 0 spiro atoms. The minimum atomic E-state index is -3.69. The molecular weight excluding hydrogens is 314 g/mol. The van der Waals surface area contributed by atoms with Crippen molar-refractivity contribution < 1.29 is 13.2 Å². The highest BCUT2D eigenvalue weighted by atomic mass is 32.2. The van der Waals surface area contributed by atoms with Crippen LogP contribution in [0.3, 0.4) is 0 Å². The minimum absolute atomic E-state index is 0.0336. The number of nitrogens with zero attached hydrogens (tertiary/aromatic N) is 2. The second-order valence-electron chi connectivity index (χ2n) is 5.63. The molecule has 0 radical (unpaired) electrons. The van der Waals surface area contributed by atoms with Gasteiger partial charge in [-0.15, -0.1) is 0 Å². The van der Waals surface area contributed by atoms with Crippen LogP contribution in [-0.4, -0.2) is 37.3 Å². The molecule has 7 heteroatoms. The number of carbonyl (C=O) groups is 1. The lowest BCUT2D eigenvalue weighted by atomic mass is 10.1. The van der Waals surface area contributed by atoms with Gasteiger partial charge in [0.1, 0.15) is 0 Å². The summed E-state index contributed by atoms with van der Waals surface area (Å²) in [5.74, 6) is 0.0352. The number of primary sulfonamides is 1. The average molecular weight is 335 g/mol. The molecule has 0 aliphatic heterocycles. The number of rotatable bonds is 6. The SMILES string of the molecule is CC(c1ccc(S(N)(=O)=O)cc1)N(C)CC(=O)c1cccn1C. The first-order valence-corrected chi connectivity index (χ1v) is 8.72. The van der Waals surface area contributed by atoms with Crippen molar-refractivity contribution in [3.8, 4) is 0 Å². The molecule has 0 saturated carbocycles. The van der Waals surface area contributed by atoms with Crippen LogP contribution in [0.5, 0.6) is 0 Å². The van der Waals surface area contributed by atoms with Gasteiger partial charge in [0.2, 0.25) is 10.0 Å². The van der Waals surface area contributed by atoms with E-state index in [4.69, 9.17) is 5.14 Å². The maximum absolute atomic E-state index is 12.3. The molecule has 1 aromatic heterocycles. The number of hydrogen-bond donors (Lipinski definition) is 1. The van der Waals surface area contributed by atoms with E-state index in [-0.39, 0.29) is 23.3 Å². The summed E-state index contributed by atoms with van der Waals surface area (Å²) in [6.07, 6.45) is 1.84. The summed E-state index contributed by atoms with van der Waals surface area (Å²) < 4.78 is 24.3. The first-order valence-electron chi connectivity index (χ1n) is 7.17. The molecule has 1 aromatic carbocycles. The Balaban J connectivity index is 2.09. The van der Waals surface area contributed by atoms with E-state index in [9.17, 15) is 13.2 Å². The van der Waals surface area contributed by atoms with Crippen molar-refractivity contribution in [1.82, 2.24) is 9.47 Å². The summed E-state index contributed by atoms with van der Waals surface area (Å²) >= 11 is 0. The first kappa shape index (κ1) is 17.4. The second-order valence-corrected chi connectivity index (χ2v) is 7.19. The van der Waals surface area contributed by atoms with Gasteiger partial charge in [-0.25, -0.2) is 13.6 Å². The van der Waals surface area contributed by atoms with E-state index in [1.165, 1.54) is 12.1 Å². The van der Waals surface area contributed by atoms with Gasteiger partial charge in [-0.3, -0.25) is 9.69 Å². The van der Waals surface area contributed by atoms with Crippen molar-refractivity contribution in [2.24, 2.45) is 12.2 Å². The van der Waals surface area contributed by atoms with Crippen LogP contribution in [0.2, 0.25) is 0 Å². The molecule has 0 aliphatic rings. The third-order valence-electron chi connectivity index (χ3n) is 3.97. The Morgan fingerprint density at radius 1 is 1.26 bits per heavy atom. The summed E-state index contributed by atoms with van der Waals surface area (Å²) in [6, 6.07) is 9.99. The van der Waals surface area contributed by atoms with Crippen LogP contribution in [-0.2, 0) is 17.1 Å². The third-order valence-corrected chi connectivity index (χ3v) is 4.90. The number of aryl methyl sites for hydroxylation is 1. The lowest BCUT2D eigenvalue weighted by Crippen LogP contribution is -2.29. The average Bonchev–Trinajstić information content (AvgIpc) is 2.92. The van der Waals surface area contributed by atoms with Gasteiger partial charge in [0.05, 0.1) is 17.1 Å². The van der Waals surface area contributed by atoms with Gasteiger partial charge in [-0.1, -0.05) is 12.1 Å². The zero-order valence-electron chi connectivity index (χ0n) is 13.4. The van der Waals surface area contributed by atoms with Crippen molar-refractivity contribution in [1.29, 1.82) is 0 Å². The normalized spacial score (nSPS) is 13.3. The Kier molecular flexibility index (Phi) is 5.03. The van der Waals surface area contributed by atoms with Crippen LogP contribution in [0.1, 0.15) is 29.0 Å². The molecule has 6 nitrogen and oxygen atoms in total. The quantitative estimate of drug-likeness (QED) is 0.812. The molecule has 23 heavy (non-hydrogen) atoms. The van der Waals surface area contributed by atoms with Crippen molar-refractivity contribution in [2.45, 2.75) is 17.9 Å². The fourth-order valence-electron chi connectivity index (χ4n) is 2.39. The highest BCUT2D eigenvalue weighted by Crippen LogP contribution is 2.20. The number of sulfonamides is 1. The Hall–Kier alpha value is -1.96. The third kappa shape index (κ3) is 4.07. The number of benzene rings is 1. The highest BCUT2D eigenvalue weighted by molar-refractivity contribution is 7.89. The number of carbonyl (C=O) groups excluding carboxylic acids is 1. The van der Waals surface area contributed by atoms with Gasteiger partial charge < -0.3 is 4.57 Å². The van der Waals surface area contributed by atoms with E-state index in [1.807, 2.05) is 38.2 Å². The Morgan fingerprint density at radius 2 is 1.87 bits per heavy atom. The molecular formula is C16H21N3O3S. The molecule has 0 amide bonds. The summed E-state index contributed by atoms with van der Waals surface area (Å²) in [6.45, 7) is 2.24. The van der Waals surface area contributed by atoms with Gasteiger partial charge >= 0.3 is 0 Å². The van der Waals surface area contributed by atoms with Crippen molar-refractivity contribution in [3.05, 3.63) is 53.9 Å². The highest BCUT2D eigenvalue weighted by Gasteiger charge is 2.18. The number of Topliss-reactive ketones (excluding diaryl/α,β-unsaturated/α-hetero) is 1. The number of aromatic nitrogens is 1. The summed E-state index contributed by atoms with van der Waals surface area (Å²) in [4.78, 5) is 14.3. The topological polar surface area (TPSA) is 85.4 Å².